The Morgan fingerprint density at radius 3 is 2.52 bits per heavy atom. The van der Waals surface area contributed by atoms with E-state index in [1.54, 1.807) is 0 Å². The van der Waals surface area contributed by atoms with Gasteiger partial charge in [0, 0.05) is 6.42 Å². The lowest BCUT2D eigenvalue weighted by Gasteiger charge is -2.11. The highest BCUT2D eigenvalue weighted by Crippen LogP contribution is 2.28. The number of ether oxygens (including phenoxy) is 3. The highest BCUT2D eigenvalue weighted by atomic mass is 19.4. The summed E-state index contributed by atoms with van der Waals surface area (Å²) in [4.78, 5) is 10.8. The van der Waals surface area contributed by atoms with Gasteiger partial charge in [-0.2, -0.15) is 13.2 Å². The first kappa shape index (κ1) is 17.1. The number of alkyl halides is 3. The van der Waals surface area contributed by atoms with E-state index < -0.39 is 18.8 Å². The van der Waals surface area contributed by atoms with Gasteiger partial charge in [-0.05, 0) is 18.2 Å². The fraction of sp³-hybridized carbons (Fsp3) is 0.462. The van der Waals surface area contributed by atoms with E-state index >= 15 is 0 Å². The summed E-state index contributed by atoms with van der Waals surface area (Å²) >= 11 is 0. The minimum atomic E-state index is -4.34. The Hall–Kier alpha value is -1.96. The van der Waals surface area contributed by atoms with Crippen molar-refractivity contribution in [3.05, 3.63) is 23.8 Å². The first-order chi connectivity index (χ1) is 9.83. The molecule has 0 fully saturated rings. The highest BCUT2D eigenvalue weighted by Gasteiger charge is 2.27. The number of carboxylic acids is 1. The minimum absolute atomic E-state index is 0.0488. The number of hydrogen-bond acceptors (Lipinski definition) is 4. The summed E-state index contributed by atoms with van der Waals surface area (Å²) in [6.45, 7) is -1.25. The standard InChI is InChI=1S/C13H15F3O5/c1-19-11-7-9(12(17)18)3-4-10(11)21-6-2-5-20-8-13(14,15)16/h3-4,7H,2,5-6,8H2,1H3,(H,17,18). The van der Waals surface area contributed by atoms with E-state index in [-0.39, 0.29) is 30.9 Å². The van der Waals surface area contributed by atoms with Gasteiger partial charge in [-0.1, -0.05) is 0 Å². The molecule has 0 saturated carbocycles. The third-order valence-corrected chi connectivity index (χ3v) is 2.37. The fourth-order valence-electron chi connectivity index (χ4n) is 1.45. The minimum Gasteiger partial charge on any atom is -0.493 e. The molecule has 118 valence electrons. The van der Waals surface area contributed by atoms with E-state index in [9.17, 15) is 18.0 Å². The van der Waals surface area contributed by atoms with Crippen LogP contribution >= 0.6 is 0 Å². The van der Waals surface area contributed by atoms with Crippen LogP contribution in [0.1, 0.15) is 16.8 Å². The average molecular weight is 308 g/mol. The van der Waals surface area contributed by atoms with E-state index in [0.717, 1.165) is 0 Å². The Morgan fingerprint density at radius 1 is 1.24 bits per heavy atom. The van der Waals surface area contributed by atoms with Crippen LogP contribution in [0.5, 0.6) is 11.5 Å². The summed E-state index contributed by atoms with van der Waals surface area (Å²) in [5.74, 6) is -0.537. The van der Waals surface area contributed by atoms with Gasteiger partial charge in [0.2, 0.25) is 0 Å². The van der Waals surface area contributed by atoms with Crippen LogP contribution in [0.25, 0.3) is 0 Å². The molecule has 5 nitrogen and oxygen atoms in total. The van der Waals surface area contributed by atoms with Gasteiger partial charge in [0.15, 0.2) is 11.5 Å². The second kappa shape index (κ2) is 7.72. The van der Waals surface area contributed by atoms with Gasteiger partial charge in [0.25, 0.3) is 0 Å². The number of hydrogen-bond donors (Lipinski definition) is 1. The second-order valence-corrected chi connectivity index (χ2v) is 4.04. The van der Waals surface area contributed by atoms with Crippen LogP contribution in [0.2, 0.25) is 0 Å². The summed E-state index contributed by atoms with van der Waals surface area (Å²) in [6.07, 6.45) is -4.07. The van der Waals surface area contributed by atoms with Crippen molar-refractivity contribution in [1.29, 1.82) is 0 Å². The fourth-order valence-corrected chi connectivity index (χ4v) is 1.45. The number of carbonyl (C=O) groups is 1. The van der Waals surface area contributed by atoms with Crippen molar-refractivity contribution < 1.29 is 37.3 Å². The molecule has 1 N–H and O–H groups in total. The zero-order valence-electron chi connectivity index (χ0n) is 11.3. The van der Waals surface area contributed by atoms with E-state index in [1.165, 1.54) is 25.3 Å². The zero-order chi connectivity index (χ0) is 15.9. The Morgan fingerprint density at radius 2 is 1.95 bits per heavy atom. The zero-order valence-corrected chi connectivity index (χ0v) is 11.3. The molecule has 0 saturated heterocycles. The molecule has 21 heavy (non-hydrogen) atoms. The third kappa shape index (κ3) is 6.35. The molecule has 0 bridgehead atoms. The molecule has 8 heteroatoms. The largest absolute Gasteiger partial charge is 0.493 e. The van der Waals surface area contributed by atoms with Crippen LogP contribution in [0.3, 0.4) is 0 Å². The smallest absolute Gasteiger partial charge is 0.411 e. The lowest BCUT2D eigenvalue weighted by molar-refractivity contribution is -0.174. The number of aromatic carboxylic acids is 1. The molecule has 0 unspecified atom stereocenters. The number of halogens is 3. The number of benzene rings is 1. The maximum atomic E-state index is 11.8. The maximum Gasteiger partial charge on any atom is 0.411 e. The molecule has 0 aromatic heterocycles. The van der Waals surface area contributed by atoms with Crippen LogP contribution in [0, 0.1) is 0 Å². The molecule has 0 aliphatic heterocycles. The predicted molar refractivity (Wildman–Crippen MR) is 66.9 cm³/mol. The highest BCUT2D eigenvalue weighted by molar-refractivity contribution is 5.88. The van der Waals surface area contributed by atoms with Gasteiger partial charge in [0.05, 0.1) is 25.9 Å². The lowest BCUT2D eigenvalue weighted by atomic mass is 10.2. The summed E-state index contributed by atoms with van der Waals surface area (Å²) in [6, 6.07) is 4.08. The molecular weight excluding hydrogens is 293 g/mol. The predicted octanol–water partition coefficient (Wildman–Crippen LogP) is 2.74. The summed E-state index contributed by atoms with van der Waals surface area (Å²) in [5.41, 5.74) is 0.0488. The quantitative estimate of drug-likeness (QED) is 0.748. The van der Waals surface area contributed by atoms with Gasteiger partial charge in [-0.25, -0.2) is 4.79 Å². The van der Waals surface area contributed by atoms with Crippen LogP contribution in [-0.4, -0.2) is 44.2 Å². The first-order valence-electron chi connectivity index (χ1n) is 6.02. The number of rotatable bonds is 8. The van der Waals surface area contributed by atoms with Crippen LogP contribution in [-0.2, 0) is 4.74 Å². The van der Waals surface area contributed by atoms with Gasteiger partial charge < -0.3 is 19.3 Å². The van der Waals surface area contributed by atoms with Crippen LogP contribution in [0.4, 0.5) is 13.2 Å². The molecule has 0 atom stereocenters. The topological polar surface area (TPSA) is 65.0 Å². The lowest BCUT2D eigenvalue weighted by Crippen LogP contribution is -2.18. The van der Waals surface area contributed by atoms with Crippen LogP contribution < -0.4 is 9.47 Å². The molecule has 0 heterocycles. The molecule has 1 aromatic rings. The second-order valence-electron chi connectivity index (χ2n) is 4.04. The van der Waals surface area contributed by atoms with Gasteiger partial charge >= 0.3 is 12.1 Å². The number of carboxylic acid groups (broad SMARTS) is 1. The van der Waals surface area contributed by atoms with E-state index in [2.05, 4.69) is 4.74 Å². The Balaban J connectivity index is 2.40. The summed E-state index contributed by atoms with van der Waals surface area (Å²) in [5, 5.41) is 8.83. The first-order valence-corrected chi connectivity index (χ1v) is 6.02. The molecular formula is C13H15F3O5. The molecule has 1 aromatic carbocycles. The average Bonchev–Trinajstić information content (AvgIpc) is 2.41. The van der Waals surface area contributed by atoms with Crippen molar-refractivity contribution >= 4 is 5.97 Å². The Labute approximate surface area is 119 Å². The molecule has 0 aliphatic carbocycles. The molecule has 1 rings (SSSR count). The van der Waals surface area contributed by atoms with E-state index in [1.807, 2.05) is 0 Å². The van der Waals surface area contributed by atoms with Crippen molar-refractivity contribution in [2.24, 2.45) is 0 Å². The van der Waals surface area contributed by atoms with Gasteiger partial charge in [-0.15, -0.1) is 0 Å². The van der Waals surface area contributed by atoms with E-state index in [0.29, 0.717) is 5.75 Å². The Bertz CT molecular complexity index is 473. The monoisotopic (exact) mass is 308 g/mol. The SMILES string of the molecule is COc1cc(C(=O)O)ccc1OCCCOCC(F)(F)F. The summed E-state index contributed by atoms with van der Waals surface area (Å²) < 4.78 is 50.2. The third-order valence-electron chi connectivity index (χ3n) is 2.37. The van der Waals surface area contributed by atoms with Crippen molar-refractivity contribution in [2.45, 2.75) is 12.6 Å². The van der Waals surface area contributed by atoms with Crippen molar-refractivity contribution in [3.8, 4) is 11.5 Å². The maximum absolute atomic E-state index is 11.8. The van der Waals surface area contributed by atoms with Crippen molar-refractivity contribution in [2.75, 3.05) is 26.9 Å². The molecule has 0 aliphatic rings. The van der Waals surface area contributed by atoms with Gasteiger partial charge in [-0.3, -0.25) is 0 Å². The van der Waals surface area contributed by atoms with Crippen LogP contribution in [0.15, 0.2) is 18.2 Å². The van der Waals surface area contributed by atoms with Crippen molar-refractivity contribution in [1.82, 2.24) is 0 Å². The normalized spacial score (nSPS) is 11.2. The molecule has 0 amide bonds. The van der Waals surface area contributed by atoms with Crippen molar-refractivity contribution in [3.63, 3.8) is 0 Å². The van der Waals surface area contributed by atoms with E-state index in [4.69, 9.17) is 14.6 Å². The molecule has 0 radical (unpaired) electrons. The molecule has 0 spiro atoms. The van der Waals surface area contributed by atoms with Gasteiger partial charge in [0.1, 0.15) is 6.61 Å². The number of methoxy groups -OCH3 is 1. The summed E-state index contributed by atoms with van der Waals surface area (Å²) in [7, 11) is 1.36. The Kier molecular flexibility index (Phi) is 6.29.